The van der Waals surface area contributed by atoms with E-state index in [1.54, 1.807) is 30.3 Å². The second-order valence-electron chi connectivity index (χ2n) is 5.89. The van der Waals surface area contributed by atoms with E-state index >= 15 is 0 Å². The van der Waals surface area contributed by atoms with E-state index in [1.807, 2.05) is 36.4 Å². The van der Waals surface area contributed by atoms with Gasteiger partial charge in [-0.1, -0.05) is 54.6 Å². The van der Waals surface area contributed by atoms with E-state index < -0.39 is 0 Å². The quantitative estimate of drug-likeness (QED) is 0.313. The summed E-state index contributed by atoms with van der Waals surface area (Å²) in [4.78, 5) is 12.1. The zero-order chi connectivity index (χ0) is 18.4. The van der Waals surface area contributed by atoms with Gasteiger partial charge in [0, 0.05) is 11.4 Å². The molecule has 0 bridgehead atoms. The lowest BCUT2D eigenvalue weighted by Crippen LogP contribution is -2.09. The van der Waals surface area contributed by atoms with Gasteiger partial charge in [0.1, 0.15) is 11.6 Å². The molecule has 26 heavy (non-hydrogen) atoms. The summed E-state index contributed by atoms with van der Waals surface area (Å²) < 4.78 is 19.5. The third kappa shape index (κ3) is 4.50. The monoisotopic (exact) mass is 368 g/mol. The highest BCUT2D eigenvalue weighted by molar-refractivity contribution is 6.17. The average Bonchev–Trinajstić information content (AvgIpc) is 2.68. The summed E-state index contributed by atoms with van der Waals surface area (Å²) in [5.74, 6) is 0.307. The molecule has 0 spiro atoms. The first-order valence-electron chi connectivity index (χ1n) is 8.36. The number of benzene rings is 3. The third-order valence-electron chi connectivity index (χ3n) is 4.09. The fourth-order valence-corrected chi connectivity index (χ4v) is 2.92. The Morgan fingerprint density at radius 2 is 1.54 bits per heavy atom. The first-order valence-corrected chi connectivity index (χ1v) is 8.89. The van der Waals surface area contributed by atoms with Crippen LogP contribution < -0.4 is 4.74 Å². The van der Waals surface area contributed by atoms with Crippen LogP contribution in [0.25, 0.3) is 11.1 Å². The maximum Gasteiger partial charge on any atom is 0.311 e. The Hall–Kier alpha value is -2.65. The molecular weight excluding hydrogens is 351 g/mol. The third-order valence-corrected chi connectivity index (χ3v) is 4.40. The lowest BCUT2D eigenvalue weighted by atomic mass is 9.96. The molecule has 0 amide bonds. The van der Waals surface area contributed by atoms with Crippen LogP contribution in [0.5, 0.6) is 5.75 Å². The SMILES string of the molecule is O=C(CCc1ccccc1-c1ccccc1F)Oc1ccc(CCl)cc1. The number of carbonyl (C=O) groups excluding carboxylic acids is 1. The number of halogens is 2. The van der Waals surface area contributed by atoms with E-state index in [1.165, 1.54) is 6.07 Å². The lowest BCUT2D eigenvalue weighted by Gasteiger charge is -2.10. The maximum absolute atomic E-state index is 14.1. The Morgan fingerprint density at radius 3 is 2.23 bits per heavy atom. The molecule has 3 aromatic carbocycles. The summed E-state index contributed by atoms with van der Waals surface area (Å²) in [5, 5.41) is 0. The number of rotatable bonds is 6. The molecule has 0 heterocycles. The van der Waals surface area contributed by atoms with E-state index in [2.05, 4.69) is 0 Å². The minimum absolute atomic E-state index is 0.211. The highest BCUT2D eigenvalue weighted by Gasteiger charge is 2.11. The molecule has 0 fully saturated rings. The molecule has 3 aromatic rings. The molecule has 0 saturated carbocycles. The first kappa shape index (κ1) is 18.2. The Kier molecular flexibility index (Phi) is 6.03. The zero-order valence-corrected chi connectivity index (χ0v) is 14.9. The van der Waals surface area contributed by atoms with Gasteiger partial charge in [0.25, 0.3) is 0 Å². The van der Waals surface area contributed by atoms with Gasteiger partial charge < -0.3 is 4.74 Å². The van der Waals surface area contributed by atoms with E-state index in [9.17, 15) is 9.18 Å². The molecule has 132 valence electrons. The second-order valence-corrected chi connectivity index (χ2v) is 6.16. The standard InChI is InChI=1S/C22H18ClFO2/c23-15-16-9-12-18(13-10-16)26-22(25)14-11-17-5-1-2-6-19(17)20-7-3-4-8-21(20)24/h1-10,12-13H,11,14-15H2. The number of hydrogen-bond donors (Lipinski definition) is 0. The molecule has 2 nitrogen and oxygen atoms in total. The number of aryl methyl sites for hydroxylation is 1. The molecule has 4 heteroatoms. The number of esters is 1. The number of carbonyl (C=O) groups is 1. The van der Waals surface area contributed by atoms with Gasteiger partial charge in [-0.2, -0.15) is 0 Å². The Balaban J connectivity index is 1.68. The summed E-state index contributed by atoms with van der Waals surface area (Å²) in [6.07, 6.45) is 0.686. The smallest absolute Gasteiger partial charge is 0.311 e. The van der Waals surface area contributed by atoms with Crippen molar-refractivity contribution in [1.29, 1.82) is 0 Å². The normalized spacial score (nSPS) is 10.5. The van der Waals surface area contributed by atoms with Crippen LogP contribution in [0.2, 0.25) is 0 Å². The molecule has 0 atom stereocenters. The van der Waals surface area contributed by atoms with E-state index in [0.717, 1.165) is 16.7 Å². The van der Waals surface area contributed by atoms with Crippen molar-refractivity contribution in [2.45, 2.75) is 18.7 Å². The molecule has 0 unspecified atom stereocenters. The van der Waals surface area contributed by atoms with Gasteiger partial charge in [-0.15, -0.1) is 11.6 Å². The van der Waals surface area contributed by atoms with Crippen LogP contribution in [0, 0.1) is 5.82 Å². The van der Waals surface area contributed by atoms with Crippen molar-refractivity contribution in [3.63, 3.8) is 0 Å². The van der Waals surface area contributed by atoms with E-state index in [0.29, 0.717) is 23.6 Å². The van der Waals surface area contributed by atoms with Gasteiger partial charge in [0.05, 0.1) is 6.42 Å². The van der Waals surface area contributed by atoms with Gasteiger partial charge >= 0.3 is 5.97 Å². The molecule has 0 aromatic heterocycles. The zero-order valence-electron chi connectivity index (χ0n) is 14.1. The summed E-state index contributed by atoms with van der Waals surface area (Å²) in [6.45, 7) is 0. The average molecular weight is 369 g/mol. The Labute approximate surface area is 157 Å². The van der Waals surface area contributed by atoms with Gasteiger partial charge in [-0.3, -0.25) is 4.79 Å². The molecule has 0 aliphatic heterocycles. The number of ether oxygens (including phenoxy) is 1. The summed E-state index contributed by atoms with van der Waals surface area (Å²) >= 11 is 5.74. The second kappa shape index (κ2) is 8.63. The van der Waals surface area contributed by atoms with Crippen molar-refractivity contribution in [2.24, 2.45) is 0 Å². The highest BCUT2D eigenvalue weighted by atomic mass is 35.5. The van der Waals surface area contributed by atoms with E-state index in [-0.39, 0.29) is 18.2 Å². The first-order chi connectivity index (χ1) is 12.7. The summed E-state index contributed by atoms with van der Waals surface area (Å²) in [7, 11) is 0. The van der Waals surface area contributed by atoms with Crippen LogP contribution in [-0.4, -0.2) is 5.97 Å². The van der Waals surface area contributed by atoms with Crippen molar-refractivity contribution in [3.05, 3.63) is 89.7 Å². The van der Waals surface area contributed by atoms with E-state index in [4.69, 9.17) is 16.3 Å². The largest absolute Gasteiger partial charge is 0.427 e. The maximum atomic E-state index is 14.1. The molecule has 0 radical (unpaired) electrons. The minimum Gasteiger partial charge on any atom is -0.427 e. The fraction of sp³-hybridized carbons (Fsp3) is 0.136. The van der Waals surface area contributed by atoms with Crippen molar-refractivity contribution < 1.29 is 13.9 Å². The topological polar surface area (TPSA) is 26.3 Å². The van der Waals surface area contributed by atoms with Gasteiger partial charge in [0.15, 0.2) is 0 Å². The minimum atomic E-state index is -0.327. The lowest BCUT2D eigenvalue weighted by molar-refractivity contribution is -0.134. The van der Waals surface area contributed by atoms with Crippen LogP contribution in [0.4, 0.5) is 4.39 Å². The van der Waals surface area contributed by atoms with Crippen molar-refractivity contribution in [3.8, 4) is 16.9 Å². The predicted octanol–water partition coefficient (Wildman–Crippen LogP) is 5.77. The molecular formula is C22H18ClFO2. The van der Waals surface area contributed by atoms with Gasteiger partial charge in [-0.25, -0.2) is 4.39 Å². The van der Waals surface area contributed by atoms with Gasteiger partial charge in [0.2, 0.25) is 0 Å². The molecule has 0 N–H and O–H groups in total. The summed E-state index contributed by atoms with van der Waals surface area (Å²) in [6, 6.07) is 21.3. The van der Waals surface area contributed by atoms with Crippen LogP contribution in [0.15, 0.2) is 72.8 Å². The fourth-order valence-electron chi connectivity index (χ4n) is 2.75. The van der Waals surface area contributed by atoms with Crippen LogP contribution in [0.3, 0.4) is 0 Å². The molecule has 0 aliphatic carbocycles. The Morgan fingerprint density at radius 1 is 0.885 bits per heavy atom. The number of hydrogen-bond acceptors (Lipinski definition) is 2. The predicted molar refractivity (Wildman–Crippen MR) is 102 cm³/mol. The Bertz CT molecular complexity index is 891. The highest BCUT2D eigenvalue weighted by Crippen LogP contribution is 2.27. The molecule has 0 saturated heterocycles. The molecule has 0 aliphatic rings. The van der Waals surface area contributed by atoms with Crippen molar-refractivity contribution in [1.82, 2.24) is 0 Å². The molecule has 3 rings (SSSR count). The van der Waals surface area contributed by atoms with Gasteiger partial charge in [-0.05, 0) is 41.3 Å². The number of alkyl halides is 1. The van der Waals surface area contributed by atoms with Crippen LogP contribution in [0.1, 0.15) is 17.5 Å². The van der Waals surface area contributed by atoms with Crippen LogP contribution >= 0.6 is 11.6 Å². The van der Waals surface area contributed by atoms with Crippen molar-refractivity contribution in [2.75, 3.05) is 0 Å². The van der Waals surface area contributed by atoms with Crippen molar-refractivity contribution >= 4 is 17.6 Å². The summed E-state index contributed by atoms with van der Waals surface area (Å²) in [5.41, 5.74) is 3.20. The van der Waals surface area contributed by atoms with Crippen LogP contribution in [-0.2, 0) is 17.1 Å².